The van der Waals surface area contributed by atoms with E-state index < -0.39 is 16.0 Å². The standard InChI is InChI=1S/C17H20N2O4S/c1-3-18-24(22,23)14-9-10-16(15(11-14)17(20)21)19-12(2)13-7-5-4-6-8-13/h4-12,18-19H,3H2,1-2H3,(H,20,21)/t12-/m1/s1. The molecule has 1 atom stereocenters. The number of anilines is 1. The second kappa shape index (κ2) is 7.46. The van der Waals surface area contributed by atoms with Gasteiger partial charge in [-0.15, -0.1) is 0 Å². The Bertz CT molecular complexity index is 820. The van der Waals surface area contributed by atoms with Crippen LogP contribution in [-0.2, 0) is 10.0 Å². The lowest BCUT2D eigenvalue weighted by Crippen LogP contribution is -2.23. The number of hydrogen-bond donors (Lipinski definition) is 3. The molecule has 3 N–H and O–H groups in total. The highest BCUT2D eigenvalue weighted by atomic mass is 32.2. The quantitative estimate of drug-likeness (QED) is 0.715. The molecule has 2 aromatic rings. The lowest BCUT2D eigenvalue weighted by Gasteiger charge is -2.18. The summed E-state index contributed by atoms with van der Waals surface area (Å²) in [6, 6.07) is 13.5. The molecular weight excluding hydrogens is 328 g/mol. The smallest absolute Gasteiger partial charge is 0.337 e. The van der Waals surface area contributed by atoms with Crippen LogP contribution in [0, 0.1) is 0 Å². The molecule has 0 aliphatic heterocycles. The van der Waals surface area contributed by atoms with Crippen LogP contribution in [0.15, 0.2) is 53.4 Å². The van der Waals surface area contributed by atoms with Gasteiger partial charge in [0, 0.05) is 18.3 Å². The summed E-state index contributed by atoms with van der Waals surface area (Å²) in [6.07, 6.45) is 0. The summed E-state index contributed by atoms with van der Waals surface area (Å²) in [4.78, 5) is 11.5. The molecule has 0 heterocycles. The van der Waals surface area contributed by atoms with Crippen molar-refractivity contribution < 1.29 is 18.3 Å². The van der Waals surface area contributed by atoms with Gasteiger partial charge in [-0.1, -0.05) is 37.3 Å². The molecule has 0 aliphatic rings. The van der Waals surface area contributed by atoms with Crippen molar-refractivity contribution in [1.82, 2.24) is 4.72 Å². The lowest BCUT2D eigenvalue weighted by atomic mass is 10.1. The van der Waals surface area contributed by atoms with Gasteiger partial charge in [0.2, 0.25) is 10.0 Å². The van der Waals surface area contributed by atoms with E-state index in [1.807, 2.05) is 37.3 Å². The lowest BCUT2D eigenvalue weighted by molar-refractivity contribution is 0.0697. The Morgan fingerprint density at radius 2 is 1.83 bits per heavy atom. The summed E-state index contributed by atoms with van der Waals surface area (Å²) in [5.41, 5.74) is 1.28. The zero-order valence-corrected chi connectivity index (χ0v) is 14.3. The van der Waals surface area contributed by atoms with Gasteiger partial charge in [0.1, 0.15) is 0 Å². The van der Waals surface area contributed by atoms with Crippen LogP contribution in [0.4, 0.5) is 5.69 Å². The number of nitrogens with one attached hydrogen (secondary N) is 2. The molecule has 0 saturated heterocycles. The minimum Gasteiger partial charge on any atom is -0.478 e. The van der Waals surface area contributed by atoms with Gasteiger partial charge < -0.3 is 10.4 Å². The van der Waals surface area contributed by atoms with Gasteiger partial charge in [0.15, 0.2) is 0 Å². The van der Waals surface area contributed by atoms with Gasteiger partial charge in [0.25, 0.3) is 0 Å². The minimum atomic E-state index is -3.70. The molecule has 0 radical (unpaired) electrons. The van der Waals surface area contributed by atoms with E-state index in [2.05, 4.69) is 10.0 Å². The molecule has 0 amide bonds. The monoisotopic (exact) mass is 348 g/mol. The maximum absolute atomic E-state index is 12.0. The number of carboxylic acids is 1. The number of sulfonamides is 1. The van der Waals surface area contributed by atoms with Crippen LogP contribution in [0.25, 0.3) is 0 Å². The molecule has 0 saturated carbocycles. The Balaban J connectivity index is 2.36. The van der Waals surface area contributed by atoms with E-state index in [0.29, 0.717) is 5.69 Å². The Kier molecular flexibility index (Phi) is 5.58. The summed E-state index contributed by atoms with van der Waals surface area (Å²) in [7, 11) is -3.70. The average molecular weight is 348 g/mol. The maximum Gasteiger partial charge on any atom is 0.337 e. The van der Waals surface area contributed by atoms with E-state index in [0.717, 1.165) is 5.56 Å². The highest BCUT2D eigenvalue weighted by Crippen LogP contribution is 2.25. The topological polar surface area (TPSA) is 95.5 Å². The number of rotatable bonds is 7. The first-order chi connectivity index (χ1) is 11.3. The first kappa shape index (κ1) is 18.0. The van der Waals surface area contributed by atoms with Crippen molar-refractivity contribution in [2.24, 2.45) is 0 Å². The zero-order chi connectivity index (χ0) is 17.7. The maximum atomic E-state index is 12.0. The first-order valence-corrected chi connectivity index (χ1v) is 9.02. The Labute approximate surface area is 141 Å². The SMILES string of the molecule is CCNS(=O)(=O)c1ccc(N[C@H](C)c2ccccc2)c(C(=O)O)c1. The van der Waals surface area contributed by atoms with Gasteiger partial charge in [0.05, 0.1) is 10.5 Å². The van der Waals surface area contributed by atoms with Crippen molar-refractivity contribution >= 4 is 21.7 Å². The highest BCUT2D eigenvalue weighted by molar-refractivity contribution is 7.89. The predicted octanol–water partition coefficient (Wildman–Crippen LogP) is 2.86. The Morgan fingerprint density at radius 1 is 1.17 bits per heavy atom. The van der Waals surface area contributed by atoms with Gasteiger partial charge in [-0.3, -0.25) is 0 Å². The molecule has 2 aromatic carbocycles. The van der Waals surface area contributed by atoms with Crippen LogP contribution in [0.5, 0.6) is 0 Å². The molecule has 0 spiro atoms. The third kappa shape index (κ3) is 4.12. The average Bonchev–Trinajstić information content (AvgIpc) is 2.55. The second-order valence-corrected chi connectivity index (χ2v) is 7.06. The van der Waals surface area contributed by atoms with E-state index in [1.165, 1.54) is 18.2 Å². The molecule has 6 nitrogen and oxygen atoms in total. The van der Waals surface area contributed by atoms with E-state index >= 15 is 0 Å². The number of benzene rings is 2. The van der Waals surface area contributed by atoms with Crippen molar-refractivity contribution in [2.45, 2.75) is 24.8 Å². The number of carbonyl (C=O) groups is 1. The summed E-state index contributed by atoms with van der Waals surface area (Å²) in [5.74, 6) is -1.19. The number of carboxylic acid groups (broad SMARTS) is 1. The van der Waals surface area contributed by atoms with Crippen molar-refractivity contribution in [2.75, 3.05) is 11.9 Å². The highest BCUT2D eigenvalue weighted by Gasteiger charge is 2.19. The second-order valence-electron chi connectivity index (χ2n) is 5.29. The van der Waals surface area contributed by atoms with Crippen LogP contribution in [0.2, 0.25) is 0 Å². The zero-order valence-electron chi connectivity index (χ0n) is 13.5. The van der Waals surface area contributed by atoms with E-state index in [4.69, 9.17) is 0 Å². The number of hydrogen-bond acceptors (Lipinski definition) is 4. The molecule has 2 rings (SSSR count). The van der Waals surface area contributed by atoms with Crippen LogP contribution < -0.4 is 10.0 Å². The summed E-state index contributed by atoms with van der Waals surface area (Å²) >= 11 is 0. The first-order valence-electron chi connectivity index (χ1n) is 7.53. The third-order valence-electron chi connectivity index (χ3n) is 3.54. The number of aromatic carboxylic acids is 1. The van der Waals surface area contributed by atoms with Crippen LogP contribution in [-0.4, -0.2) is 26.0 Å². The van der Waals surface area contributed by atoms with Crippen molar-refractivity contribution in [3.8, 4) is 0 Å². The fourth-order valence-electron chi connectivity index (χ4n) is 2.32. The van der Waals surface area contributed by atoms with Gasteiger partial charge in [-0.2, -0.15) is 0 Å². The van der Waals surface area contributed by atoms with E-state index in [1.54, 1.807) is 6.92 Å². The van der Waals surface area contributed by atoms with Crippen LogP contribution in [0.3, 0.4) is 0 Å². The summed E-state index contributed by atoms with van der Waals surface area (Å²) < 4.78 is 26.4. The van der Waals surface area contributed by atoms with E-state index in [-0.39, 0.29) is 23.0 Å². The molecule has 0 bridgehead atoms. The van der Waals surface area contributed by atoms with Crippen LogP contribution >= 0.6 is 0 Å². The molecule has 0 unspecified atom stereocenters. The molecule has 24 heavy (non-hydrogen) atoms. The minimum absolute atomic E-state index is 0.0698. The normalized spacial score (nSPS) is 12.6. The van der Waals surface area contributed by atoms with E-state index in [9.17, 15) is 18.3 Å². The van der Waals surface area contributed by atoms with Gasteiger partial charge in [-0.25, -0.2) is 17.9 Å². The van der Waals surface area contributed by atoms with Crippen molar-refractivity contribution in [1.29, 1.82) is 0 Å². The molecular formula is C17H20N2O4S. The fourth-order valence-corrected chi connectivity index (χ4v) is 3.39. The fraction of sp³-hybridized carbons (Fsp3) is 0.235. The summed E-state index contributed by atoms with van der Waals surface area (Å²) in [6.45, 7) is 3.80. The summed E-state index contributed by atoms with van der Waals surface area (Å²) in [5, 5.41) is 12.5. The van der Waals surface area contributed by atoms with Gasteiger partial charge in [-0.05, 0) is 30.7 Å². The molecule has 0 aromatic heterocycles. The van der Waals surface area contributed by atoms with Crippen LogP contribution in [0.1, 0.15) is 35.8 Å². The third-order valence-corrected chi connectivity index (χ3v) is 5.08. The molecule has 7 heteroatoms. The van der Waals surface area contributed by atoms with Crippen molar-refractivity contribution in [3.05, 3.63) is 59.7 Å². The van der Waals surface area contributed by atoms with Crippen molar-refractivity contribution in [3.63, 3.8) is 0 Å². The van der Waals surface area contributed by atoms with Gasteiger partial charge >= 0.3 is 5.97 Å². The molecule has 128 valence electrons. The largest absolute Gasteiger partial charge is 0.478 e. The molecule has 0 fully saturated rings. The Morgan fingerprint density at radius 3 is 2.42 bits per heavy atom. The predicted molar refractivity (Wildman–Crippen MR) is 92.7 cm³/mol. The molecule has 0 aliphatic carbocycles. The Hall–Kier alpha value is -2.38.